The number of rotatable bonds is 5. The molecule has 0 radical (unpaired) electrons. The van der Waals surface area contributed by atoms with Gasteiger partial charge in [-0.15, -0.1) is 0 Å². The van der Waals surface area contributed by atoms with Crippen LogP contribution in [-0.2, 0) is 10.0 Å². The monoisotopic (exact) mass is 347 g/mol. The van der Waals surface area contributed by atoms with E-state index in [0.717, 1.165) is 12.8 Å². The van der Waals surface area contributed by atoms with Crippen molar-refractivity contribution in [3.05, 3.63) is 0 Å². The lowest BCUT2D eigenvalue weighted by molar-refractivity contribution is 0.0355. The van der Waals surface area contributed by atoms with Gasteiger partial charge in [-0.1, -0.05) is 20.8 Å². The Morgan fingerprint density at radius 3 is 2.39 bits per heavy atom. The van der Waals surface area contributed by atoms with Gasteiger partial charge in [0.05, 0.1) is 11.9 Å². The highest BCUT2D eigenvalue weighted by Crippen LogP contribution is 2.29. The molecule has 2 atom stereocenters. The third kappa shape index (κ3) is 4.58. The molecule has 1 saturated carbocycles. The molecule has 2 unspecified atom stereocenters. The third-order valence-electron chi connectivity index (χ3n) is 4.77. The number of nitrogens with one attached hydrogen (secondary N) is 1. The van der Waals surface area contributed by atoms with Gasteiger partial charge in [0.15, 0.2) is 0 Å². The van der Waals surface area contributed by atoms with Crippen molar-refractivity contribution in [2.75, 3.05) is 25.9 Å². The molecule has 23 heavy (non-hydrogen) atoms. The molecular formula is C15H29N3O4S. The van der Waals surface area contributed by atoms with Gasteiger partial charge >= 0.3 is 6.03 Å². The van der Waals surface area contributed by atoms with Crippen LogP contribution in [0.5, 0.6) is 0 Å². The molecule has 2 rings (SSSR count). The van der Waals surface area contributed by atoms with Crippen LogP contribution in [0.2, 0.25) is 0 Å². The van der Waals surface area contributed by atoms with Gasteiger partial charge in [0, 0.05) is 32.2 Å². The number of nitrogens with zero attached hydrogens (tertiary/aromatic N) is 2. The number of aliphatic hydroxyl groups is 1. The summed E-state index contributed by atoms with van der Waals surface area (Å²) >= 11 is 0. The van der Waals surface area contributed by atoms with Gasteiger partial charge in [-0.2, -0.15) is 0 Å². The minimum atomic E-state index is -3.16. The molecule has 2 amide bonds. The molecule has 1 saturated heterocycles. The van der Waals surface area contributed by atoms with Crippen molar-refractivity contribution in [3.8, 4) is 0 Å². The standard InChI is InChI=1S/C15H29N3O4S/c1-15(2,3)13(19)10-18(11-5-6-11)14(20)16-9-12-7-8-23(21,22)17(12)4/h11-13,19H,5-10H2,1-4H3,(H,16,20). The molecule has 0 aromatic carbocycles. The van der Waals surface area contributed by atoms with E-state index in [1.807, 2.05) is 20.8 Å². The number of carbonyl (C=O) groups excluding carboxylic acids is 1. The van der Waals surface area contributed by atoms with Crippen LogP contribution in [-0.4, -0.2) is 72.8 Å². The molecule has 2 aliphatic rings. The quantitative estimate of drug-likeness (QED) is 0.762. The number of urea groups is 1. The molecule has 1 aliphatic heterocycles. The van der Waals surface area contributed by atoms with E-state index >= 15 is 0 Å². The van der Waals surface area contributed by atoms with Crippen molar-refractivity contribution in [1.82, 2.24) is 14.5 Å². The summed E-state index contributed by atoms with van der Waals surface area (Å²) in [6, 6.07) is -0.205. The molecule has 2 fully saturated rings. The first-order valence-electron chi connectivity index (χ1n) is 8.20. The minimum Gasteiger partial charge on any atom is -0.391 e. The summed E-state index contributed by atoms with van der Waals surface area (Å²) in [7, 11) is -1.60. The van der Waals surface area contributed by atoms with Crippen LogP contribution in [0, 0.1) is 5.41 Å². The second kappa shape index (κ2) is 6.57. The van der Waals surface area contributed by atoms with Gasteiger partial charge in [-0.05, 0) is 24.7 Å². The van der Waals surface area contributed by atoms with Gasteiger partial charge in [0.25, 0.3) is 0 Å². The number of likely N-dealkylation sites (N-methyl/N-ethyl adjacent to an activating group) is 1. The SMILES string of the molecule is CN1C(CNC(=O)N(CC(O)C(C)(C)C)C2CC2)CCS1(=O)=O. The average molecular weight is 347 g/mol. The maximum absolute atomic E-state index is 12.4. The summed E-state index contributed by atoms with van der Waals surface area (Å²) in [5, 5.41) is 13.1. The first kappa shape index (κ1) is 18.5. The van der Waals surface area contributed by atoms with Crippen LogP contribution in [0.3, 0.4) is 0 Å². The Hall–Kier alpha value is -0.860. The average Bonchev–Trinajstić information content (AvgIpc) is 3.23. The molecule has 0 spiro atoms. The second-order valence-electron chi connectivity index (χ2n) is 7.73. The zero-order valence-electron chi connectivity index (χ0n) is 14.4. The minimum absolute atomic E-state index is 0.138. The Bertz CT molecular complexity index is 539. The summed E-state index contributed by atoms with van der Waals surface area (Å²) in [4.78, 5) is 14.1. The number of hydrogen-bond acceptors (Lipinski definition) is 4. The fourth-order valence-corrected chi connectivity index (χ4v) is 4.11. The smallest absolute Gasteiger partial charge is 0.317 e. The van der Waals surface area contributed by atoms with Crippen LogP contribution in [0.4, 0.5) is 4.79 Å². The van der Waals surface area contributed by atoms with Crippen LogP contribution in [0.1, 0.15) is 40.0 Å². The molecule has 7 nitrogen and oxygen atoms in total. The lowest BCUT2D eigenvalue weighted by Gasteiger charge is -2.32. The van der Waals surface area contributed by atoms with Crippen molar-refractivity contribution in [3.63, 3.8) is 0 Å². The van der Waals surface area contributed by atoms with Crippen molar-refractivity contribution in [2.45, 2.75) is 58.2 Å². The Morgan fingerprint density at radius 2 is 1.96 bits per heavy atom. The van der Waals surface area contributed by atoms with Crippen molar-refractivity contribution < 1.29 is 18.3 Å². The normalized spacial score (nSPS) is 26.0. The van der Waals surface area contributed by atoms with Crippen molar-refractivity contribution >= 4 is 16.1 Å². The third-order valence-corrected chi connectivity index (χ3v) is 6.70. The maximum Gasteiger partial charge on any atom is 0.317 e. The molecule has 2 N–H and O–H groups in total. The zero-order chi connectivity index (χ0) is 17.4. The zero-order valence-corrected chi connectivity index (χ0v) is 15.3. The predicted octanol–water partition coefficient (Wildman–Crippen LogP) is 0.601. The van der Waals surface area contributed by atoms with E-state index in [9.17, 15) is 18.3 Å². The highest BCUT2D eigenvalue weighted by Gasteiger charge is 2.38. The summed E-state index contributed by atoms with van der Waals surface area (Å²) in [5.41, 5.74) is -0.285. The Kier molecular flexibility index (Phi) is 5.27. The van der Waals surface area contributed by atoms with Crippen molar-refractivity contribution in [2.24, 2.45) is 5.41 Å². The van der Waals surface area contributed by atoms with Crippen LogP contribution in [0.15, 0.2) is 0 Å². The Balaban J connectivity index is 1.90. The summed E-state index contributed by atoms with van der Waals surface area (Å²) in [6.45, 7) is 6.44. The Labute approximate surface area is 139 Å². The fourth-order valence-electron chi connectivity index (χ4n) is 2.62. The molecular weight excluding hydrogens is 318 g/mol. The predicted molar refractivity (Wildman–Crippen MR) is 88.5 cm³/mol. The van der Waals surface area contributed by atoms with E-state index in [4.69, 9.17) is 0 Å². The van der Waals surface area contributed by atoms with Gasteiger partial charge in [-0.3, -0.25) is 0 Å². The molecule has 0 aromatic rings. The molecule has 1 aliphatic carbocycles. The van der Waals surface area contributed by atoms with Crippen LogP contribution in [0.25, 0.3) is 0 Å². The van der Waals surface area contributed by atoms with E-state index in [-0.39, 0.29) is 29.3 Å². The molecule has 134 valence electrons. The van der Waals surface area contributed by atoms with Gasteiger partial charge < -0.3 is 15.3 Å². The fraction of sp³-hybridized carbons (Fsp3) is 0.933. The lowest BCUT2D eigenvalue weighted by Crippen LogP contribution is -2.50. The lowest BCUT2D eigenvalue weighted by atomic mass is 9.89. The van der Waals surface area contributed by atoms with Gasteiger partial charge in [-0.25, -0.2) is 17.5 Å². The number of aliphatic hydroxyl groups excluding tert-OH is 1. The van der Waals surface area contributed by atoms with E-state index < -0.39 is 16.1 Å². The van der Waals surface area contributed by atoms with Crippen LogP contribution >= 0.6 is 0 Å². The maximum atomic E-state index is 12.4. The molecule has 0 aromatic heterocycles. The number of carbonyl (C=O) groups is 1. The molecule has 1 heterocycles. The van der Waals surface area contributed by atoms with E-state index in [0.29, 0.717) is 19.5 Å². The topological polar surface area (TPSA) is 89.9 Å². The number of hydrogen-bond donors (Lipinski definition) is 2. The Morgan fingerprint density at radius 1 is 1.35 bits per heavy atom. The first-order chi connectivity index (χ1) is 10.5. The second-order valence-corrected chi connectivity index (χ2v) is 9.87. The summed E-state index contributed by atoms with van der Waals surface area (Å²) in [5.74, 6) is 0.138. The van der Waals surface area contributed by atoms with Gasteiger partial charge in [0.2, 0.25) is 10.0 Å². The van der Waals surface area contributed by atoms with E-state index in [2.05, 4.69) is 5.32 Å². The summed E-state index contributed by atoms with van der Waals surface area (Å²) in [6.07, 6.45) is 1.86. The van der Waals surface area contributed by atoms with Crippen molar-refractivity contribution in [1.29, 1.82) is 0 Å². The highest BCUT2D eigenvalue weighted by molar-refractivity contribution is 7.89. The van der Waals surface area contributed by atoms with Gasteiger partial charge in [0.1, 0.15) is 0 Å². The highest BCUT2D eigenvalue weighted by atomic mass is 32.2. The molecule has 0 bridgehead atoms. The largest absolute Gasteiger partial charge is 0.391 e. The van der Waals surface area contributed by atoms with E-state index in [1.54, 1.807) is 11.9 Å². The summed E-state index contributed by atoms with van der Waals surface area (Å²) < 4.78 is 24.7. The molecule has 8 heteroatoms. The number of amides is 2. The van der Waals surface area contributed by atoms with Crippen LogP contribution < -0.4 is 5.32 Å². The van der Waals surface area contributed by atoms with E-state index in [1.165, 1.54) is 4.31 Å². The number of sulfonamides is 1. The first-order valence-corrected chi connectivity index (χ1v) is 9.81.